The monoisotopic (exact) mass is 434 g/mol. The number of carbonyl (C=O) groups is 2. The molecule has 1 fully saturated rings. The molecule has 1 unspecified atom stereocenters. The molecule has 3 N–H and O–H groups in total. The second-order valence-corrected chi connectivity index (χ2v) is 7.65. The summed E-state index contributed by atoms with van der Waals surface area (Å²) in [5.74, 6) is -1.15. The molecule has 32 heavy (non-hydrogen) atoms. The topological polar surface area (TPSA) is 98.0 Å². The first-order chi connectivity index (χ1) is 15.6. The smallest absolute Gasteiger partial charge is 0.255 e. The molecule has 2 heterocycles. The molecule has 166 valence electrons. The summed E-state index contributed by atoms with van der Waals surface area (Å²) in [6.45, 7) is 1.80. The van der Waals surface area contributed by atoms with Gasteiger partial charge in [0.1, 0.15) is 11.8 Å². The van der Waals surface area contributed by atoms with Crippen LogP contribution in [0.3, 0.4) is 0 Å². The average Bonchev–Trinajstić information content (AvgIpc) is 3.38. The number of phenolic OH excluding ortho intramolecular Hbond substituents is 1. The van der Waals surface area contributed by atoms with Crippen molar-refractivity contribution in [1.29, 1.82) is 0 Å². The van der Waals surface area contributed by atoms with E-state index in [2.05, 4.69) is 10.2 Å². The fraction of sp³-hybridized carbons (Fsp3) is 0.250. The number of rotatable bonds is 6. The van der Waals surface area contributed by atoms with Crippen LogP contribution in [-0.4, -0.2) is 70.3 Å². The van der Waals surface area contributed by atoms with Gasteiger partial charge >= 0.3 is 0 Å². The van der Waals surface area contributed by atoms with Crippen molar-refractivity contribution < 1.29 is 19.8 Å². The first-order valence-electron chi connectivity index (χ1n) is 10.5. The van der Waals surface area contributed by atoms with Gasteiger partial charge in [-0.15, -0.1) is 0 Å². The predicted octanol–water partition coefficient (Wildman–Crippen LogP) is 1.62. The second-order valence-electron chi connectivity index (χ2n) is 7.65. The van der Waals surface area contributed by atoms with E-state index < -0.39 is 18.6 Å². The lowest BCUT2D eigenvalue weighted by Crippen LogP contribution is -2.56. The van der Waals surface area contributed by atoms with Crippen LogP contribution < -0.4 is 10.2 Å². The number of aliphatic hydroxyl groups excluding tert-OH is 1. The number of carbonyl (C=O) groups excluding carboxylic acids is 2. The Labute approximate surface area is 186 Å². The molecule has 2 aromatic carbocycles. The Balaban J connectivity index is 1.41. The van der Waals surface area contributed by atoms with Gasteiger partial charge in [-0.1, -0.05) is 18.2 Å². The lowest BCUT2D eigenvalue weighted by molar-refractivity contribution is -0.134. The largest absolute Gasteiger partial charge is 0.507 e. The number of aliphatic hydroxyl groups is 1. The standard InChI is InChI=1S/C24H26N4O4/c29-17-21(24(32)28-14-12-27(13-15-28)18-6-2-1-3-7-18)25-23(31)20-16-19(8-9-22(20)30)26-10-4-5-11-26/h1-11,16,21,29-30H,12-15,17H2,(H,25,31). The number of anilines is 1. The molecule has 0 bridgehead atoms. The third kappa shape index (κ3) is 4.60. The number of hydrogen-bond donors (Lipinski definition) is 3. The highest BCUT2D eigenvalue weighted by molar-refractivity contribution is 6.00. The van der Waals surface area contributed by atoms with Crippen LogP contribution in [0.5, 0.6) is 5.75 Å². The Morgan fingerprint density at radius 1 is 0.906 bits per heavy atom. The van der Waals surface area contributed by atoms with Crippen LogP contribution in [0.2, 0.25) is 0 Å². The third-order valence-corrected chi connectivity index (χ3v) is 5.63. The third-order valence-electron chi connectivity index (χ3n) is 5.63. The molecule has 1 aliphatic heterocycles. The molecule has 1 atom stereocenters. The summed E-state index contributed by atoms with van der Waals surface area (Å²) in [5.41, 5.74) is 1.84. The lowest BCUT2D eigenvalue weighted by atomic mass is 10.1. The van der Waals surface area contributed by atoms with Gasteiger partial charge in [-0.3, -0.25) is 9.59 Å². The minimum Gasteiger partial charge on any atom is -0.507 e. The van der Waals surface area contributed by atoms with Crippen LogP contribution >= 0.6 is 0 Å². The Bertz CT molecular complexity index is 1060. The minimum atomic E-state index is -1.08. The number of benzene rings is 2. The van der Waals surface area contributed by atoms with E-state index in [1.54, 1.807) is 21.6 Å². The number of amides is 2. The summed E-state index contributed by atoms with van der Waals surface area (Å²) >= 11 is 0. The van der Waals surface area contributed by atoms with Crippen molar-refractivity contribution in [2.75, 3.05) is 37.7 Å². The van der Waals surface area contributed by atoms with Crippen molar-refractivity contribution in [1.82, 2.24) is 14.8 Å². The highest BCUT2D eigenvalue weighted by atomic mass is 16.3. The lowest BCUT2D eigenvalue weighted by Gasteiger charge is -2.37. The molecule has 1 saturated heterocycles. The van der Waals surface area contributed by atoms with Gasteiger partial charge in [0, 0.05) is 49.9 Å². The Morgan fingerprint density at radius 2 is 1.59 bits per heavy atom. The predicted molar refractivity (Wildman–Crippen MR) is 121 cm³/mol. The van der Waals surface area contributed by atoms with Crippen LogP contribution in [0, 0.1) is 0 Å². The van der Waals surface area contributed by atoms with E-state index >= 15 is 0 Å². The summed E-state index contributed by atoms with van der Waals surface area (Å²) in [7, 11) is 0. The SMILES string of the molecule is O=C(NC(CO)C(=O)N1CCN(c2ccccc2)CC1)c1cc(-n2cccc2)ccc1O. The average molecular weight is 434 g/mol. The van der Waals surface area contributed by atoms with Gasteiger partial charge in [0.05, 0.1) is 12.2 Å². The van der Waals surface area contributed by atoms with Crippen LogP contribution in [0.4, 0.5) is 5.69 Å². The van der Waals surface area contributed by atoms with E-state index in [1.165, 1.54) is 6.07 Å². The minimum absolute atomic E-state index is 0.0383. The molecule has 0 aliphatic carbocycles. The number of piperazine rings is 1. The molecule has 8 heteroatoms. The van der Waals surface area contributed by atoms with Crippen molar-refractivity contribution >= 4 is 17.5 Å². The Morgan fingerprint density at radius 3 is 2.25 bits per heavy atom. The fourth-order valence-electron chi connectivity index (χ4n) is 3.84. The van der Waals surface area contributed by atoms with Crippen molar-refractivity contribution in [2.45, 2.75) is 6.04 Å². The van der Waals surface area contributed by atoms with Crippen LogP contribution in [-0.2, 0) is 4.79 Å². The van der Waals surface area contributed by atoms with E-state index in [0.29, 0.717) is 31.9 Å². The number of aromatic nitrogens is 1. The molecule has 0 saturated carbocycles. The van der Waals surface area contributed by atoms with Gasteiger partial charge in [0.25, 0.3) is 5.91 Å². The first kappa shape index (κ1) is 21.5. The van der Waals surface area contributed by atoms with E-state index in [4.69, 9.17) is 0 Å². The van der Waals surface area contributed by atoms with Crippen LogP contribution in [0.15, 0.2) is 73.1 Å². The van der Waals surface area contributed by atoms with Crippen molar-refractivity contribution in [3.63, 3.8) is 0 Å². The molecule has 2 amide bonds. The number of aromatic hydroxyl groups is 1. The number of para-hydroxylation sites is 1. The summed E-state index contributed by atoms with van der Waals surface area (Å²) in [6.07, 6.45) is 3.65. The van der Waals surface area contributed by atoms with Crippen LogP contribution in [0.25, 0.3) is 5.69 Å². The van der Waals surface area contributed by atoms with E-state index in [1.807, 2.05) is 54.9 Å². The van der Waals surface area contributed by atoms with Gasteiger partial charge in [0.2, 0.25) is 5.91 Å². The van der Waals surface area contributed by atoms with Gasteiger partial charge in [-0.2, -0.15) is 0 Å². The zero-order chi connectivity index (χ0) is 22.5. The highest BCUT2D eigenvalue weighted by Crippen LogP contribution is 2.21. The van der Waals surface area contributed by atoms with Gasteiger partial charge in [-0.25, -0.2) is 0 Å². The quantitative estimate of drug-likeness (QED) is 0.548. The molecular weight excluding hydrogens is 408 g/mol. The molecule has 0 radical (unpaired) electrons. The van der Waals surface area contributed by atoms with Gasteiger partial charge in [-0.05, 0) is 42.5 Å². The first-order valence-corrected chi connectivity index (χ1v) is 10.5. The normalized spacial score (nSPS) is 14.8. The Kier molecular flexibility index (Phi) is 6.42. The van der Waals surface area contributed by atoms with Gasteiger partial charge in [0.15, 0.2) is 0 Å². The number of phenols is 1. The maximum Gasteiger partial charge on any atom is 0.255 e. The van der Waals surface area contributed by atoms with Gasteiger partial charge < -0.3 is 29.9 Å². The second kappa shape index (κ2) is 9.57. The summed E-state index contributed by atoms with van der Waals surface area (Å²) in [5, 5.41) is 22.5. The van der Waals surface area contributed by atoms with E-state index in [9.17, 15) is 19.8 Å². The highest BCUT2D eigenvalue weighted by Gasteiger charge is 2.29. The molecule has 8 nitrogen and oxygen atoms in total. The maximum atomic E-state index is 12.9. The maximum absolute atomic E-state index is 12.9. The Hall–Kier alpha value is -3.78. The summed E-state index contributed by atoms with van der Waals surface area (Å²) < 4.78 is 1.80. The van der Waals surface area contributed by atoms with Crippen molar-refractivity contribution in [3.8, 4) is 11.4 Å². The fourth-order valence-corrected chi connectivity index (χ4v) is 3.84. The number of nitrogens with zero attached hydrogens (tertiary/aromatic N) is 3. The molecule has 1 aromatic heterocycles. The summed E-state index contributed by atoms with van der Waals surface area (Å²) in [4.78, 5) is 29.6. The number of hydrogen-bond acceptors (Lipinski definition) is 5. The van der Waals surface area contributed by atoms with E-state index in [-0.39, 0.29) is 17.2 Å². The van der Waals surface area contributed by atoms with Crippen LogP contribution in [0.1, 0.15) is 10.4 Å². The molecule has 0 spiro atoms. The molecular formula is C24H26N4O4. The molecule has 4 rings (SSSR count). The number of nitrogens with one attached hydrogen (secondary N) is 1. The molecule has 1 aliphatic rings. The van der Waals surface area contributed by atoms with Crippen molar-refractivity contribution in [2.24, 2.45) is 0 Å². The van der Waals surface area contributed by atoms with Crippen molar-refractivity contribution in [3.05, 3.63) is 78.6 Å². The zero-order valence-corrected chi connectivity index (χ0v) is 17.6. The van der Waals surface area contributed by atoms with E-state index in [0.717, 1.165) is 5.69 Å². The molecule has 3 aromatic rings. The zero-order valence-electron chi connectivity index (χ0n) is 17.6. The summed E-state index contributed by atoms with van der Waals surface area (Å²) in [6, 6.07) is 17.3.